The average Bonchev–Trinajstić information content (AvgIpc) is 4.19. The summed E-state index contributed by atoms with van der Waals surface area (Å²) in [5.74, 6) is -0.162. The number of hydrogen-bond donors (Lipinski definition) is 3. The third-order valence-corrected chi connectivity index (χ3v) is 13.5. The van der Waals surface area contributed by atoms with E-state index in [-0.39, 0.29) is 40.8 Å². The number of hydrogen-bond acceptors (Lipinski definition) is 11. The highest BCUT2D eigenvalue weighted by atomic mass is 19.1. The van der Waals surface area contributed by atoms with Crippen LogP contribution in [0.3, 0.4) is 0 Å². The number of halogens is 1. The van der Waals surface area contributed by atoms with Crippen LogP contribution in [0.5, 0.6) is 0 Å². The van der Waals surface area contributed by atoms with Crippen LogP contribution < -0.4 is 10.9 Å². The number of H-pyrrole nitrogens is 1. The number of nitrogens with zero attached hydrogens (tertiary/aromatic N) is 6. The number of nitrogens with one attached hydrogen (secondary N) is 2. The lowest BCUT2D eigenvalue weighted by molar-refractivity contribution is -0.137. The number of carbonyl (C=O) groups excluding carboxylic acids is 3. The number of aliphatic hydroxyl groups is 1. The van der Waals surface area contributed by atoms with E-state index in [0.717, 1.165) is 48.0 Å². The van der Waals surface area contributed by atoms with Crippen molar-refractivity contribution in [1.82, 2.24) is 34.8 Å². The summed E-state index contributed by atoms with van der Waals surface area (Å²) in [7, 11) is 0. The molecule has 1 atom stereocenters. The van der Waals surface area contributed by atoms with E-state index in [9.17, 15) is 24.3 Å². The molecule has 0 spiro atoms. The van der Waals surface area contributed by atoms with Crippen LogP contribution in [0, 0.1) is 5.82 Å². The van der Waals surface area contributed by atoms with Crippen molar-refractivity contribution in [2.75, 3.05) is 64.2 Å². The van der Waals surface area contributed by atoms with E-state index in [4.69, 9.17) is 9.47 Å². The molecule has 0 radical (unpaired) electrons. The first-order chi connectivity index (χ1) is 32.7. The van der Waals surface area contributed by atoms with Crippen LogP contribution in [0.25, 0.3) is 21.9 Å². The molecule has 4 aliphatic rings. The van der Waals surface area contributed by atoms with Gasteiger partial charge < -0.3 is 24.4 Å². The minimum absolute atomic E-state index is 0.00121. The zero-order chi connectivity index (χ0) is 47.5. The second-order valence-electron chi connectivity index (χ2n) is 19.6. The molecular weight excluding hydrogens is 868 g/mol. The predicted octanol–water partition coefficient (Wildman–Crippen LogP) is 6.86. The first-order valence-corrected chi connectivity index (χ1v) is 24.0. The van der Waals surface area contributed by atoms with Crippen molar-refractivity contribution >= 4 is 34.4 Å². The van der Waals surface area contributed by atoms with E-state index in [2.05, 4.69) is 37.5 Å². The number of anilines is 1. The maximum Gasteiger partial charge on any atom is 0.412 e. The SMILES string of the molecule is CC(C)(C)OC(=O)Nc1cc(-c2cccc(C3CC3)c2)cnc1C(=O)N1CCC(OC2CCN(CC(=O)N3CCN(C(O)c4cc(Cc5n[nH]c(=O)c6ccccc56)ccc4F)CC3)CC2)CC1. The summed E-state index contributed by atoms with van der Waals surface area (Å²) in [6.07, 6.45) is 5.58. The second kappa shape index (κ2) is 20.3. The van der Waals surface area contributed by atoms with Crippen molar-refractivity contribution in [3.63, 3.8) is 0 Å². The first-order valence-electron chi connectivity index (χ1n) is 24.0. The Morgan fingerprint density at radius 3 is 2.24 bits per heavy atom. The molecule has 3 aromatic carbocycles. The third kappa shape index (κ3) is 11.3. The highest BCUT2D eigenvalue weighted by Gasteiger charge is 2.33. The second-order valence-corrected chi connectivity index (χ2v) is 19.6. The Hall–Kier alpha value is -6.07. The third-order valence-electron chi connectivity index (χ3n) is 13.5. The lowest BCUT2D eigenvalue weighted by Crippen LogP contribution is -2.52. The largest absolute Gasteiger partial charge is 0.444 e. The summed E-state index contributed by atoms with van der Waals surface area (Å²) in [5.41, 5.74) is 4.11. The highest BCUT2D eigenvalue weighted by Crippen LogP contribution is 2.41. The lowest BCUT2D eigenvalue weighted by atomic mass is 10.0. The molecule has 4 fully saturated rings. The van der Waals surface area contributed by atoms with Crippen LogP contribution in [0.4, 0.5) is 14.9 Å². The topological polar surface area (TPSA) is 174 Å². The van der Waals surface area contributed by atoms with E-state index < -0.39 is 23.7 Å². The molecule has 16 heteroatoms. The van der Waals surface area contributed by atoms with Crippen LogP contribution in [-0.2, 0) is 20.7 Å². The number of piperidine rings is 2. The number of benzene rings is 3. The summed E-state index contributed by atoms with van der Waals surface area (Å²) >= 11 is 0. The van der Waals surface area contributed by atoms with Crippen molar-refractivity contribution in [2.24, 2.45) is 0 Å². The van der Waals surface area contributed by atoms with Crippen LogP contribution in [0.1, 0.15) is 104 Å². The van der Waals surface area contributed by atoms with E-state index in [1.807, 2.05) is 35.2 Å². The molecule has 1 aliphatic carbocycles. The van der Waals surface area contributed by atoms with Gasteiger partial charge in [-0.05, 0) is 106 Å². The number of pyridine rings is 1. The predicted molar refractivity (Wildman–Crippen MR) is 256 cm³/mol. The number of carbonyl (C=O) groups is 3. The molecule has 3 amide bonds. The molecule has 3 N–H and O–H groups in total. The molecule has 15 nitrogen and oxygen atoms in total. The average molecular weight is 929 g/mol. The fraction of sp³-hybridized carbons (Fsp3) is 0.462. The van der Waals surface area contributed by atoms with Crippen molar-refractivity contribution < 1.29 is 33.4 Å². The number of aromatic amines is 1. The minimum atomic E-state index is -1.19. The van der Waals surface area contributed by atoms with Crippen LogP contribution in [0.15, 0.2) is 83.8 Å². The van der Waals surface area contributed by atoms with Gasteiger partial charge >= 0.3 is 6.09 Å². The van der Waals surface area contributed by atoms with Gasteiger partial charge in [0.05, 0.1) is 35.5 Å². The van der Waals surface area contributed by atoms with Gasteiger partial charge in [-0.1, -0.05) is 48.5 Å². The number of piperazine rings is 1. The molecule has 5 heterocycles. The van der Waals surface area contributed by atoms with Crippen molar-refractivity contribution in [3.05, 3.63) is 123 Å². The Morgan fingerprint density at radius 2 is 1.53 bits per heavy atom. The van der Waals surface area contributed by atoms with Gasteiger partial charge in [-0.3, -0.25) is 29.5 Å². The molecule has 0 bridgehead atoms. The lowest BCUT2D eigenvalue weighted by Gasteiger charge is -2.39. The first kappa shape index (κ1) is 47.0. The standard InChI is InChI=1S/C52H61FN8O7/c1-52(2,3)68-51(66)55-45-30-37(36-8-6-7-35(29-36)34-12-13-34)31-54-47(45)50(65)60-21-17-39(18-22-60)67-38-15-19-58(20-16-38)32-46(62)59-23-25-61(26-24-59)49(64)42-27-33(11-14-43(42)53)28-44-40-9-4-5-10-41(40)48(63)57-56-44/h4-11,14,27,29-31,34,38-39,49,64H,12-13,15-26,28,32H2,1-3H3,(H,55,66)(H,57,63). The van der Waals surface area contributed by atoms with Crippen molar-refractivity contribution in [3.8, 4) is 11.1 Å². The molecule has 9 rings (SSSR count). The Balaban J connectivity index is 0.723. The van der Waals surface area contributed by atoms with E-state index in [1.54, 1.807) is 61.0 Å². The van der Waals surface area contributed by atoms with Crippen molar-refractivity contribution in [2.45, 2.75) is 95.7 Å². The molecule has 1 saturated carbocycles. The highest BCUT2D eigenvalue weighted by molar-refractivity contribution is 6.02. The zero-order valence-electron chi connectivity index (χ0n) is 39.1. The van der Waals surface area contributed by atoms with Gasteiger partial charge in [0.25, 0.3) is 11.5 Å². The molecular formula is C52H61FN8O7. The zero-order valence-corrected chi connectivity index (χ0v) is 39.1. The number of aliphatic hydroxyl groups excluding tert-OH is 1. The van der Waals surface area contributed by atoms with E-state index in [1.165, 1.54) is 24.5 Å². The van der Waals surface area contributed by atoms with Gasteiger partial charge in [0, 0.05) is 81.5 Å². The summed E-state index contributed by atoms with van der Waals surface area (Å²) in [6.45, 7) is 9.75. The van der Waals surface area contributed by atoms with Crippen LogP contribution >= 0.6 is 0 Å². The van der Waals surface area contributed by atoms with E-state index in [0.29, 0.717) is 87.8 Å². The number of fused-ring (bicyclic) bond motifs is 1. The fourth-order valence-electron chi connectivity index (χ4n) is 9.62. The van der Waals surface area contributed by atoms with Gasteiger partial charge in [-0.15, -0.1) is 0 Å². The Labute approximate surface area is 395 Å². The Bertz CT molecular complexity index is 2700. The van der Waals surface area contributed by atoms with Gasteiger partial charge in [-0.25, -0.2) is 19.3 Å². The van der Waals surface area contributed by atoms with Gasteiger partial charge in [0.15, 0.2) is 5.69 Å². The minimum Gasteiger partial charge on any atom is -0.444 e. The number of amides is 3. The number of ether oxygens (including phenoxy) is 2. The molecule has 68 heavy (non-hydrogen) atoms. The smallest absolute Gasteiger partial charge is 0.412 e. The summed E-state index contributed by atoms with van der Waals surface area (Å²) < 4.78 is 27.3. The number of aromatic nitrogens is 3. The maximum atomic E-state index is 15.1. The fourth-order valence-corrected chi connectivity index (χ4v) is 9.62. The van der Waals surface area contributed by atoms with Crippen LogP contribution in [-0.4, -0.2) is 135 Å². The molecule has 358 valence electrons. The quantitative estimate of drug-likeness (QED) is 0.119. The van der Waals surface area contributed by atoms with Gasteiger partial charge in [0.2, 0.25) is 5.91 Å². The Morgan fingerprint density at radius 1 is 0.824 bits per heavy atom. The Kier molecular flexibility index (Phi) is 14.0. The molecule has 3 saturated heterocycles. The summed E-state index contributed by atoms with van der Waals surface area (Å²) in [6, 6.07) is 22.0. The number of likely N-dealkylation sites (tertiary alicyclic amines) is 2. The number of rotatable bonds is 12. The van der Waals surface area contributed by atoms with Crippen molar-refractivity contribution in [1.29, 1.82) is 0 Å². The molecule has 2 aromatic heterocycles. The van der Waals surface area contributed by atoms with E-state index >= 15 is 4.39 Å². The summed E-state index contributed by atoms with van der Waals surface area (Å²) in [5, 5.41) is 22.2. The maximum absolute atomic E-state index is 15.1. The van der Waals surface area contributed by atoms with Gasteiger partial charge in [0.1, 0.15) is 17.6 Å². The van der Waals surface area contributed by atoms with Crippen LogP contribution in [0.2, 0.25) is 0 Å². The summed E-state index contributed by atoms with van der Waals surface area (Å²) in [4.78, 5) is 64.8. The molecule has 3 aliphatic heterocycles. The van der Waals surface area contributed by atoms with Gasteiger partial charge in [-0.2, -0.15) is 5.10 Å². The monoisotopic (exact) mass is 928 g/mol. The molecule has 5 aromatic rings. The normalized spacial score (nSPS) is 18.4. The molecule has 1 unspecified atom stereocenters.